The van der Waals surface area contributed by atoms with Gasteiger partial charge in [0.2, 0.25) is 0 Å². The molecule has 10 aromatic rings. The molecular weight excluding hydrogens is 831 g/mol. The van der Waals surface area contributed by atoms with Crippen LogP contribution in [0.4, 0.5) is 26.3 Å². The quantitative estimate of drug-likeness (QED) is 0.150. The van der Waals surface area contributed by atoms with Crippen LogP contribution in [-0.2, 0) is 12.4 Å². The molecule has 0 unspecified atom stereocenters. The van der Waals surface area contributed by atoms with E-state index in [0.717, 1.165) is 28.8 Å². The number of benzene rings is 8. The van der Waals surface area contributed by atoms with Crippen LogP contribution >= 0.6 is 0 Å². The molecule has 0 saturated heterocycles. The second-order valence-electron chi connectivity index (χ2n) is 15.5. The largest absolute Gasteiger partial charge is 0.417 e. The molecule has 2 aromatic heterocycles. The first-order valence-corrected chi connectivity index (χ1v) is 20.5. The van der Waals surface area contributed by atoms with Crippen molar-refractivity contribution in [1.82, 2.24) is 14.5 Å². The van der Waals surface area contributed by atoms with Crippen LogP contribution in [0.2, 0.25) is 0 Å². The molecule has 0 N–H and O–H groups in total. The van der Waals surface area contributed by atoms with Crippen molar-refractivity contribution in [1.29, 1.82) is 5.26 Å². The van der Waals surface area contributed by atoms with Crippen molar-refractivity contribution in [3.63, 3.8) is 0 Å². The average Bonchev–Trinajstić information content (AvgIpc) is 3.66. The third-order valence-electron chi connectivity index (χ3n) is 11.5. The molecule has 0 spiro atoms. The molecule has 0 saturated carbocycles. The van der Waals surface area contributed by atoms with Gasteiger partial charge in [0.15, 0.2) is 5.82 Å². The van der Waals surface area contributed by atoms with Gasteiger partial charge in [0.05, 0.1) is 50.9 Å². The molecule has 0 radical (unpaired) electrons. The van der Waals surface area contributed by atoms with Gasteiger partial charge in [0.25, 0.3) is 0 Å². The molecule has 0 aliphatic heterocycles. The van der Waals surface area contributed by atoms with Crippen LogP contribution in [0.1, 0.15) is 16.7 Å². The Morgan fingerprint density at radius 3 is 1.52 bits per heavy atom. The van der Waals surface area contributed by atoms with Crippen LogP contribution in [0.5, 0.6) is 0 Å². The van der Waals surface area contributed by atoms with Crippen molar-refractivity contribution in [3.05, 3.63) is 211 Å². The van der Waals surface area contributed by atoms with E-state index in [4.69, 9.17) is 9.97 Å². The van der Waals surface area contributed by atoms with E-state index in [2.05, 4.69) is 6.07 Å². The predicted octanol–water partition coefficient (Wildman–Crippen LogP) is 15.5. The number of halogens is 6. The highest BCUT2D eigenvalue weighted by atomic mass is 19.4. The molecule has 314 valence electrons. The molecule has 0 bridgehead atoms. The van der Waals surface area contributed by atoms with Gasteiger partial charge in [-0.1, -0.05) is 133 Å². The third kappa shape index (κ3) is 7.57. The lowest BCUT2D eigenvalue weighted by atomic mass is 9.88. The molecule has 2 heterocycles. The Labute approximate surface area is 369 Å². The number of alkyl halides is 6. The summed E-state index contributed by atoms with van der Waals surface area (Å²) in [5, 5.41) is 11.1. The van der Waals surface area contributed by atoms with Crippen molar-refractivity contribution in [2.24, 2.45) is 0 Å². The Hall–Kier alpha value is -8.29. The maximum absolute atomic E-state index is 15.3. The minimum Gasteiger partial charge on any atom is -0.308 e. The monoisotopic (exact) mass is 862 g/mol. The number of nitriles is 1. The minimum atomic E-state index is -4.85. The maximum Gasteiger partial charge on any atom is 0.417 e. The molecule has 10 rings (SSSR count). The van der Waals surface area contributed by atoms with Crippen LogP contribution in [0.25, 0.3) is 94.8 Å². The number of para-hydroxylation sites is 1. The number of hydrogen-bond acceptors (Lipinski definition) is 3. The number of aromatic nitrogens is 3. The van der Waals surface area contributed by atoms with Gasteiger partial charge in [-0.2, -0.15) is 31.6 Å². The highest BCUT2D eigenvalue weighted by Crippen LogP contribution is 2.49. The van der Waals surface area contributed by atoms with Gasteiger partial charge < -0.3 is 4.57 Å². The van der Waals surface area contributed by atoms with E-state index in [-0.39, 0.29) is 39.2 Å². The van der Waals surface area contributed by atoms with Crippen molar-refractivity contribution in [3.8, 4) is 79.0 Å². The van der Waals surface area contributed by atoms with Crippen molar-refractivity contribution < 1.29 is 26.3 Å². The molecule has 4 nitrogen and oxygen atoms in total. The molecule has 0 atom stereocenters. The fourth-order valence-electron chi connectivity index (χ4n) is 8.59. The van der Waals surface area contributed by atoms with E-state index in [0.29, 0.717) is 44.5 Å². The molecular formula is C55H32F6N4. The standard InChI is InChI=1S/C55H32F6N4/c56-54(57,58)46-23-10-7-20-40(46)44-30-39(49-32-48(35-15-3-1-4-16-35)63-53(64-49)36-17-5-2-6-18-36)31-45(41-21-8-11-24-47(41)55(59,60)61)52(44)65-50-25-12-9-22-42(50)43-29-38(26-27-51(43)65)37-19-13-14-34(28-37)33-62/h1-32H. The molecule has 65 heavy (non-hydrogen) atoms. The van der Waals surface area contributed by atoms with Gasteiger partial charge in [-0.25, -0.2) is 9.97 Å². The van der Waals surface area contributed by atoms with E-state index in [1.807, 2.05) is 97.1 Å². The Morgan fingerprint density at radius 1 is 0.400 bits per heavy atom. The highest BCUT2D eigenvalue weighted by Gasteiger charge is 2.37. The lowest BCUT2D eigenvalue weighted by Gasteiger charge is -2.24. The number of nitrogens with zero attached hydrogens (tertiary/aromatic N) is 4. The van der Waals surface area contributed by atoms with E-state index in [9.17, 15) is 5.26 Å². The van der Waals surface area contributed by atoms with Gasteiger partial charge >= 0.3 is 12.4 Å². The summed E-state index contributed by atoms with van der Waals surface area (Å²) in [6, 6.07) is 55.8. The van der Waals surface area contributed by atoms with Crippen LogP contribution < -0.4 is 0 Å². The number of rotatable bonds is 7. The summed E-state index contributed by atoms with van der Waals surface area (Å²) in [4.78, 5) is 9.86. The van der Waals surface area contributed by atoms with Crippen molar-refractivity contribution >= 4 is 21.8 Å². The summed E-state index contributed by atoms with van der Waals surface area (Å²) in [6.07, 6.45) is -9.70. The first kappa shape index (κ1) is 40.8. The Kier molecular flexibility index (Phi) is 10.1. The summed E-state index contributed by atoms with van der Waals surface area (Å²) in [7, 11) is 0. The molecule has 0 aliphatic rings. The lowest BCUT2D eigenvalue weighted by Crippen LogP contribution is -2.11. The second-order valence-corrected chi connectivity index (χ2v) is 15.5. The van der Waals surface area contributed by atoms with Crippen LogP contribution in [-0.4, -0.2) is 14.5 Å². The molecule has 10 heteroatoms. The molecule has 0 amide bonds. The second kappa shape index (κ2) is 16.1. The Balaban J connectivity index is 1.37. The average molecular weight is 863 g/mol. The lowest BCUT2D eigenvalue weighted by molar-refractivity contribution is -0.137. The topological polar surface area (TPSA) is 54.5 Å². The summed E-state index contributed by atoms with van der Waals surface area (Å²) < 4.78 is 93.7. The first-order valence-electron chi connectivity index (χ1n) is 20.5. The SMILES string of the molecule is N#Cc1cccc(-c2ccc3c(c2)c2ccccc2n3-c2c(-c3ccccc3C(F)(F)F)cc(-c3cc(-c4ccccc4)nc(-c4ccccc4)n3)cc2-c2ccccc2C(F)(F)F)c1. The van der Waals surface area contributed by atoms with Gasteiger partial charge in [0, 0.05) is 38.6 Å². The van der Waals surface area contributed by atoms with Crippen LogP contribution in [0.15, 0.2) is 194 Å². The maximum atomic E-state index is 15.3. The van der Waals surface area contributed by atoms with Gasteiger partial charge in [0.1, 0.15) is 0 Å². The Morgan fingerprint density at radius 2 is 0.908 bits per heavy atom. The van der Waals surface area contributed by atoms with E-state index < -0.39 is 23.5 Å². The number of hydrogen-bond donors (Lipinski definition) is 0. The van der Waals surface area contributed by atoms with Crippen molar-refractivity contribution in [2.45, 2.75) is 12.4 Å². The zero-order valence-corrected chi connectivity index (χ0v) is 34.0. The van der Waals surface area contributed by atoms with Gasteiger partial charge in [-0.05, 0) is 82.9 Å². The fourth-order valence-corrected chi connectivity index (χ4v) is 8.59. The first-order chi connectivity index (χ1) is 31.5. The normalized spacial score (nSPS) is 11.8. The summed E-state index contributed by atoms with van der Waals surface area (Å²) >= 11 is 0. The van der Waals surface area contributed by atoms with Crippen LogP contribution in [0, 0.1) is 11.3 Å². The smallest absolute Gasteiger partial charge is 0.308 e. The molecule has 8 aromatic carbocycles. The van der Waals surface area contributed by atoms with E-state index >= 15 is 26.3 Å². The minimum absolute atomic E-state index is 0.0250. The van der Waals surface area contributed by atoms with Gasteiger partial charge in [-0.3, -0.25) is 0 Å². The van der Waals surface area contributed by atoms with Crippen molar-refractivity contribution in [2.75, 3.05) is 0 Å². The zero-order valence-electron chi connectivity index (χ0n) is 34.0. The fraction of sp³-hybridized carbons (Fsp3) is 0.0364. The summed E-state index contributed by atoms with van der Waals surface area (Å²) in [5.41, 5.74) is 3.29. The molecule has 0 fully saturated rings. The zero-order chi connectivity index (χ0) is 44.9. The van der Waals surface area contributed by atoms with E-state index in [1.165, 1.54) is 36.4 Å². The Bertz CT molecular complexity index is 3340. The van der Waals surface area contributed by atoms with E-state index in [1.54, 1.807) is 53.1 Å². The third-order valence-corrected chi connectivity index (χ3v) is 11.5. The van der Waals surface area contributed by atoms with Crippen LogP contribution in [0.3, 0.4) is 0 Å². The van der Waals surface area contributed by atoms with Gasteiger partial charge in [-0.15, -0.1) is 0 Å². The molecule has 0 aliphatic carbocycles. The predicted molar refractivity (Wildman–Crippen MR) is 244 cm³/mol. The summed E-state index contributed by atoms with van der Waals surface area (Å²) in [6.45, 7) is 0. The summed E-state index contributed by atoms with van der Waals surface area (Å²) in [5.74, 6) is 0.319. The highest BCUT2D eigenvalue weighted by molar-refractivity contribution is 6.12. The number of fused-ring (bicyclic) bond motifs is 3.